The lowest BCUT2D eigenvalue weighted by Crippen LogP contribution is -2.51. The Morgan fingerprint density at radius 2 is 1.22 bits per heavy atom. The highest BCUT2D eigenvalue weighted by atomic mass is 32.2. The number of rotatable bonds is 14. The van der Waals surface area contributed by atoms with Crippen LogP contribution in [0.5, 0.6) is 0 Å². The minimum Gasteiger partial charge on any atom is -0.453 e. The van der Waals surface area contributed by atoms with Gasteiger partial charge in [0.25, 0.3) is 0 Å². The van der Waals surface area contributed by atoms with Crippen LogP contribution >= 0.6 is 0 Å². The predicted molar refractivity (Wildman–Crippen MR) is 242 cm³/mol. The van der Waals surface area contributed by atoms with Crippen LogP contribution in [0.3, 0.4) is 0 Å². The Labute approximate surface area is 373 Å². The van der Waals surface area contributed by atoms with Crippen LogP contribution in [-0.4, -0.2) is 114 Å². The maximum atomic E-state index is 14.0. The van der Waals surface area contributed by atoms with Crippen molar-refractivity contribution in [3.63, 3.8) is 0 Å². The number of alkyl carbamates (subject to hydrolysis) is 2. The van der Waals surface area contributed by atoms with Crippen molar-refractivity contribution in [1.29, 1.82) is 0 Å². The fourth-order valence-corrected chi connectivity index (χ4v) is 9.19. The second kappa shape index (κ2) is 19.2. The molecule has 5 aromatic rings. The second-order valence-electron chi connectivity index (χ2n) is 17.4. The quantitative estimate of drug-likeness (QED) is 0.0856. The third-order valence-corrected chi connectivity index (χ3v) is 12.8. The molecular formula is C46H57N9O8S. The van der Waals surface area contributed by atoms with E-state index in [0.717, 1.165) is 63.5 Å². The van der Waals surface area contributed by atoms with Crippen LogP contribution in [0.1, 0.15) is 70.7 Å². The van der Waals surface area contributed by atoms with Crippen molar-refractivity contribution in [3.05, 3.63) is 84.7 Å². The summed E-state index contributed by atoms with van der Waals surface area (Å²) in [5.41, 5.74) is 5.54. The molecule has 2 saturated heterocycles. The number of ether oxygens (including phenoxy) is 2. The highest BCUT2D eigenvalue weighted by Crippen LogP contribution is 2.37. The molecule has 0 aliphatic carbocycles. The summed E-state index contributed by atoms with van der Waals surface area (Å²) in [6.45, 7) is 8.48. The first-order valence-corrected chi connectivity index (χ1v) is 23.4. The molecule has 0 radical (unpaired) electrons. The number of benzene rings is 3. The number of amides is 4. The molecule has 3 aromatic carbocycles. The number of hydrogen-bond donors (Lipinski definition) is 5. The fraction of sp³-hybridized carbons (Fsp3) is 0.435. The molecule has 1 unspecified atom stereocenters. The number of hydrogen-bond acceptors (Lipinski definition) is 10. The van der Waals surface area contributed by atoms with E-state index in [1.165, 1.54) is 14.2 Å². The van der Waals surface area contributed by atoms with Crippen LogP contribution in [0.25, 0.3) is 44.4 Å². The summed E-state index contributed by atoms with van der Waals surface area (Å²) in [7, 11) is -0.919. The van der Waals surface area contributed by atoms with E-state index >= 15 is 0 Å². The standard InChI is InChI=1S/C46H57N9O8S/c1-26(2)39(52-45(58)62-5)43(56)54-18-8-9-37(54)41-47-24-36(51-41)34-17-16-32-20-31(14-15-33(32)21-34)29-10-12-30(13-11-29)35-23-48-42(50-35)38-19-28(22-49-64(7,60)61)25-55(38)44(57)40(27(3)4)53-46(59)63-6/h10-17,20-21,23-24,26-28,37-40,49H,8-9,18-19,22,25H2,1-7H3,(H,47,51)(H,48,50)(H,52,58)(H,53,59)/t28?,37-,38-,39-,40-/m0/s1. The molecule has 7 rings (SSSR count). The number of fused-ring (bicyclic) bond motifs is 1. The van der Waals surface area contributed by atoms with Crippen molar-refractivity contribution < 1.29 is 37.1 Å². The minimum absolute atomic E-state index is 0.121. The van der Waals surface area contributed by atoms with Gasteiger partial charge in [0.1, 0.15) is 23.7 Å². The number of aromatic amines is 2. The zero-order valence-electron chi connectivity index (χ0n) is 37.2. The Hall–Kier alpha value is -6.27. The van der Waals surface area contributed by atoms with Gasteiger partial charge in [-0.15, -0.1) is 0 Å². The Morgan fingerprint density at radius 1 is 0.719 bits per heavy atom. The Balaban J connectivity index is 1.05. The van der Waals surface area contributed by atoms with Crippen LogP contribution in [-0.2, 0) is 29.1 Å². The van der Waals surface area contributed by atoms with Crippen molar-refractivity contribution in [2.75, 3.05) is 40.1 Å². The van der Waals surface area contributed by atoms with Crippen LogP contribution in [0, 0.1) is 17.8 Å². The average Bonchev–Trinajstić information content (AvgIpc) is 4.12. The molecule has 0 saturated carbocycles. The van der Waals surface area contributed by atoms with Crippen molar-refractivity contribution in [2.24, 2.45) is 17.8 Å². The van der Waals surface area contributed by atoms with E-state index in [9.17, 15) is 27.6 Å². The summed E-state index contributed by atoms with van der Waals surface area (Å²) in [6, 6.07) is 18.4. The molecule has 0 spiro atoms. The summed E-state index contributed by atoms with van der Waals surface area (Å²) < 4.78 is 36.0. The molecular weight excluding hydrogens is 839 g/mol. The molecule has 2 fully saturated rings. The smallest absolute Gasteiger partial charge is 0.407 e. The summed E-state index contributed by atoms with van der Waals surface area (Å²) in [5, 5.41) is 7.48. The highest BCUT2D eigenvalue weighted by Gasteiger charge is 2.42. The lowest BCUT2D eigenvalue weighted by Gasteiger charge is -2.30. The molecule has 4 amide bonds. The van der Waals surface area contributed by atoms with E-state index in [0.29, 0.717) is 24.6 Å². The van der Waals surface area contributed by atoms with Crippen molar-refractivity contribution in [1.82, 2.24) is 45.1 Å². The van der Waals surface area contributed by atoms with Crippen LogP contribution < -0.4 is 15.4 Å². The number of carbonyl (C=O) groups excluding carboxylic acids is 4. The molecule has 5 N–H and O–H groups in total. The molecule has 4 heterocycles. The fourth-order valence-electron chi connectivity index (χ4n) is 8.65. The van der Waals surface area contributed by atoms with E-state index < -0.39 is 40.3 Å². The SMILES string of the molecule is COC(=O)N[C@H](C(=O)N1CCC[C@H]1c1ncc(-c2ccc3cc(-c4ccc(-c5cnc([C@@H]6CC(CNS(C)(=O)=O)CN6C(=O)[C@@H](NC(=O)OC)C(C)C)[nH]5)cc4)ccc3c2)[nH]1)C(C)C. The molecule has 2 aliphatic rings. The minimum atomic E-state index is -3.44. The molecule has 5 atom stereocenters. The van der Waals surface area contributed by atoms with Gasteiger partial charge in [-0.3, -0.25) is 9.59 Å². The van der Waals surface area contributed by atoms with Crippen molar-refractivity contribution in [3.8, 4) is 33.6 Å². The van der Waals surface area contributed by atoms with E-state index in [1.54, 1.807) is 22.2 Å². The third-order valence-electron chi connectivity index (χ3n) is 12.1. The van der Waals surface area contributed by atoms with E-state index in [2.05, 4.69) is 61.7 Å². The van der Waals surface area contributed by atoms with Crippen molar-refractivity contribution in [2.45, 2.75) is 71.1 Å². The normalized spacial score (nSPS) is 18.7. The number of H-pyrrole nitrogens is 2. The topological polar surface area (TPSA) is 221 Å². The predicted octanol–water partition coefficient (Wildman–Crippen LogP) is 6.15. The number of methoxy groups -OCH3 is 2. The van der Waals surface area contributed by atoms with E-state index in [1.807, 2.05) is 52.0 Å². The van der Waals surface area contributed by atoms with Gasteiger partial charge in [-0.1, -0.05) is 76.2 Å². The van der Waals surface area contributed by atoms with Crippen LogP contribution in [0.2, 0.25) is 0 Å². The third kappa shape index (κ3) is 10.2. The maximum Gasteiger partial charge on any atom is 0.407 e. The van der Waals surface area contributed by atoms with Gasteiger partial charge >= 0.3 is 12.2 Å². The number of nitrogens with one attached hydrogen (secondary N) is 5. The van der Waals surface area contributed by atoms with Gasteiger partial charge in [0.15, 0.2) is 0 Å². The Morgan fingerprint density at radius 3 is 1.78 bits per heavy atom. The molecule has 2 aromatic heterocycles. The van der Waals surface area contributed by atoms with Gasteiger partial charge in [0.2, 0.25) is 21.8 Å². The summed E-state index contributed by atoms with van der Waals surface area (Å²) in [5.74, 6) is 0.285. The van der Waals surface area contributed by atoms with Gasteiger partial charge < -0.3 is 39.9 Å². The van der Waals surface area contributed by atoms with Gasteiger partial charge in [-0.25, -0.2) is 32.7 Å². The van der Waals surface area contributed by atoms with Gasteiger partial charge in [-0.2, -0.15) is 0 Å². The van der Waals surface area contributed by atoms with Crippen molar-refractivity contribution >= 4 is 44.8 Å². The lowest BCUT2D eigenvalue weighted by atomic mass is 9.98. The second-order valence-corrected chi connectivity index (χ2v) is 19.2. The van der Waals surface area contributed by atoms with Crippen LogP contribution in [0.4, 0.5) is 9.59 Å². The first kappa shape index (κ1) is 45.7. The molecule has 2 aliphatic heterocycles. The number of likely N-dealkylation sites (tertiary alicyclic amines) is 2. The number of nitrogens with zero attached hydrogens (tertiary/aromatic N) is 4. The first-order valence-electron chi connectivity index (χ1n) is 21.5. The highest BCUT2D eigenvalue weighted by molar-refractivity contribution is 7.88. The monoisotopic (exact) mass is 895 g/mol. The summed E-state index contributed by atoms with van der Waals surface area (Å²) >= 11 is 0. The lowest BCUT2D eigenvalue weighted by molar-refractivity contribution is -0.136. The molecule has 64 heavy (non-hydrogen) atoms. The summed E-state index contributed by atoms with van der Waals surface area (Å²) in [4.78, 5) is 71.5. The summed E-state index contributed by atoms with van der Waals surface area (Å²) in [6.07, 6.45) is 5.35. The Kier molecular flexibility index (Phi) is 13.7. The number of imidazole rings is 2. The Bertz CT molecular complexity index is 2610. The largest absolute Gasteiger partial charge is 0.453 e. The van der Waals surface area contributed by atoms with E-state index in [4.69, 9.17) is 19.4 Å². The zero-order valence-corrected chi connectivity index (χ0v) is 38.0. The molecule has 340 valence electrons. The number of carbonyl (C=O) groups is 4. The molecule has 0 bridgehead atoms. The van der Waals surface area contributed by atoms with E-state index in [-0.39, 0.29) is 48.7 Å². The van der Waals surface area contributed by atoms with Gasteiger partial charge in [0, 0.05) is 25.2 Å². The van der Waals surface area contributed by atoms with Gasteiger partial charge in [0.05, 0.1) is 56.3 Å². The molecule has 18 heteroatoms. The van der Waals surface area contributed by atoms with Gasteiger partial charge in [-0.05, 0) is 76.6 Å². The average molecular weight is 896 g/mol. The first-order chi connectivity index (χ1) is 30.5. The number of aromatic nitrogens is 4. The molecule has 17 nitrogen and oxygen atoms in total. The zero-order chi connectivity index (χ0) is 45.9. The number of sulfonamides is 1. The van der Waals surface area contributed by atoms with Crippen LogP contribution in [0.15, 0.2) is 73.1 Å². The maximum absolute atomic E-state index is 14.0.